The van der Waals surface area contributed by atoms with E-state index in [2.05, 4.69) is 13.0 Å². The minimum absolute atomic E-state index is 0.0719. The highest BCUT2D eigenvalue weighted by molar-refractivity contribution is 6.00. The van der Waals surface area contributed by atoms with E-state index < -0.39 is 6.04 Å². The van der Waals surface area contributed by atoms with Crippen molar-refractivity contribution in [2.45, 2.75) is 19.4 Å². The Morgan fingerprint density at radius 3 is 2.52 bits per heavy atom. The van der Waals surface area contributed by atoms with Crippen LogP contribution in [0.25, 0.3) is 11.1 Å². The summed E-state index contributed by atoms with van der Waals surface area (Å²) in [5.74, 6) is -0.274. The van der Waals surface area contributed by atoms with Gasteiger partial charge in [-0.25, -0.2) is 0 Å². The van der Waals surface area contributed by atoms with Crippen LogP contribution in [0.4, 0.5) is 0 Å². The molecule has 2 aromatic rings. The predicted octanol–water partition coefficient (Wildman–Crippen LogP) is 2.44. The summed E-state index contributed by atoms with van der Waals surface area (Å²) in [6.45, 7) is 2.12. The van der Waals surface area contributed by atoms with Gasteiger partial charge < -0.3 is 10.0 Å². The molecule has 1 atom stereocenters. The summed E-state index contributed by atoms with van der Waals surface area (Å²) < 4.78 is 0. The molecule has 0 radical (unpaired) electrons. The minimum Gasteiger partial charge on any atom is -0.394 e. The molecule has 0 bridgehead atoms. The molecule has 1 unspecified atom stereocenters. The first-order valence-electron chi connectivity index (χ1n) is 7.72. The first-order chi connectivity index (χ1) is 11.1. The lowest BCUT2D eigenvalue weighted by molar-refractivity contribution is -0.120. The largest absolute Gasteiger partial charge is 0.394 e. The number of benzene rings is 2. The summed E-state index contributed by atoms with van der Waals surface area (Å²) in [6.07, 6.45) is 0.318. The van der Waals surface area contributed by atoms with Gasteiger partial charge in [0, 0.05) is 18.5 Å². The minimum atomic E-state index is -0.696. The van der Waals surface area contributed by atoms with Crippen molar-refractivity contribution in [1.82, 2.24) is 4.90 Å². The van der Waals surface area contributed by atoms with Gasteiger partial charge in [-0.05, 0) is 35.7 Å². The van der Waals surface area contributed by atoms with E-state index in [4.69, 9.17) is 0 Å². The second-order valence-electron chi connectivity index (χ2n) is 5.81. The highest BCUT2D eigenvalue weighted by atomic mass is 16.3. The van der Waals surface area contributed by atoms with Crippen LogP contribution in [0.1, 0.15) is 22.3 Å². The van der Waals surface area contributed by atoms with E-state index in [1.54, 1.807) is 12.1 Å². The van der Waals surface area contributed by atoms with Crippen LogP contribution in [0, 0.1) is 6.92 Å². The zero-order valence-corrected chi connectivity index (χ0v) is 13.0. The third kappa shape index (κ3) is 2.90. The number of Topliss-reactive ketones (excluding diaryl/α,β-unsaturated/α-hetero) is 1. The molecule has 1 aliphatic rings. The zero-order valence-electron chi connectivity index (χ0n) is 13.0. The van der Waals surface area contributed by atoms with Crippen LogP contribution >= 0.6 is 0 Å². The van der Waals surface area contributed by atoms with Crippen LogP contribution < -0.4 is 0 Å². The summed E-state index contributed by atoms with van der Waals surface area (Å²) in [7, 11) is 0. The van der Waals surface area contributed by atoms with Gasteiger partial charge in [0.05, 0.1) is 6.61 Å². The Balaban J connectivity index is 1.84. The lowest BCUT2D eigenvalue weighted by atomic mass is 9.99. The predicted molar refractivity (Wildman–Crippen MR) is 88.1 cm³/mol. The number of aryl methyl sites for hydroxylation is 1. The molecule has 0 aromatic heterocycles. The molecule has 118 valence electrons. The maximum atomic E-state index is 12.5. The Bertz CT molecular complexity index is 737. The average Bonchev–Trinajstić information content (AvgIpc) is 2.95. The Hall–Kier alpha value is -2.46. The van der Waals surface area contributed by atoms with Gasteiger partial charge in [0.25, 0.3) is 5.91 Å². The molecular weight excluding hydrogens is 290 g/mol. The van der Waals surface area contributed by atoms with Crippen molar-refractivity contribution >= 4 is 11.7 Å². The number of carbonyl (C=O) groups is 2. The van der Waals surface area contributed by atoms with E-state index in [1.807, 2.05) is 30.3 Å². The third-order valence-electron chi connectivity index (χ3n) is 4.37. The standard InChI is InChI=1S/C19H19NO3/c1-13-4-2-3-5-16(13)14-6-8-15(9-7-14)19(23)20-11-10-18(22)17(20)12-21/h2-9,17,21H,10-12H2,1H3. The summed E-state index contributed by atoms with van der Waals surface area (Å²) in [4.78, 5) is 25.7. The number of nitrogens with zero attached hydrogens (tertiary/aromatic N) is 1. The first kappa shape index (κ1) is 15.4. The van der Waals surface area contributed by atoms with Crippen LogP contribution in [-0.2, 0) is 4.79 Å². The Morgan fingerprint density at radius 2 is 1.87 bits per heavy atom. The number of aliphatic hydroxyl groups excluding tert-OH is 1. The van der Waals surface area contributed by atoms with Crippen molar-refractivity contribution < 1.29 is 14.7 Å². The fraction of sp³-hybridized carbons (Fsp3) is 0.263. The van der Waals surface area contributed by atoms with Gasteiger partial charge in [-0.15, -0.1) is 0 Å². The molecule has 1 aliphatic heterocycles. The van der Waals surface area contributed by atoms with Crippen LogP contribution in [0.15, 0.2) is 48.5 Å². The molecular formula is C19H19NO3. The number of carbonyl (C=O) groups excluding carboxylic acids is 2. The van der Waals surface area contributed by atoms with Gasteiger partial charge in [-0.1, -0.05) is 36.4 Å². The SMILES string of the molecule is Cc1ccccc1-c1ccc(C(=O)N2CCC(=O)C2CO)cc1. The van der Waals surface area contributed by atoms with Crippen molar-refractivity contribution in [2.75, 3.05) is 13.2 Å². The van der Waals surface area contributed by atoms with E-state index in [0.29, 0.717) is 18.5 Å². The molecule has 0 spiro atoms. The van der Waals surface area contributed by atoms with Crippen molar-refractivity contribution in [3.63, 3.8) is 0 Å². The number of amides is 1. The summed E-state index contributed by atoms with van der Waals surface area (Å²) >= 11 is 0. The van der Waals surface area contributed by atoms with Gasteiger partial charge in [-0.3, -0.25) is 9.59 Å². The fourth-order valence-electron chi connectivity index (χ4n) is 3.03. The van der Waals surface area contributed by atoms with Crippen molar-refractivity contribution in [2.24, 2.45) is 0 Å². The lowest BCUT2D eigenvalue weighted by Gasteiger charge is -2.21. The summed E-state index contributed by atoms with van der Waals surface area (Å²) in [5.41, 5.74) is 3.90. The Morgan fingerprint density at radius 1 is 1.17 bits per heavy atom. The van der Waals surface area contributed by atoms with Crippen LogP contribution in [0.5, 0.6) is 0 Å². The Labute approximate surface area is 135 Å². The van der Waals surface area contributed by atoms with Crippen molar-refractivity contribution in [1.29, 1.82) is 0 Å². The van der Waals surface area contributed by atoms with E-state index in [9.17, 15) is 14.7 Å². The fourth-order valence-corrected chi connectivity index (χ4v) is 3.03. The maximum Gasteiger partial charge on any atom is 0.254 e. The monoisotopic (exact) mass is 309 g/mol. The molecule has 1 heterocycles. The smallest absolute Gasteiger partial charge is 0.254 e. The maximum absolute atomic E-state index is 12.5. The highest BCUT2D eigenvalue weighted by Crippen LogP contribution is 2.24. The number of hydrogen-bond donors (Lipinski definition) is 1. The molecule has 2 aromatic carbocycles. The number of likely N-dealkylation sites (tertiary alicyclic amines) is 1. The summed E-state index contributed by atoms with van der Waals surface area (Å²) in [5, 5.41) is 9.31. The van der Waals surface area contributed by atoms with E-state index in [1.165, 1.54) is 10.5 Å². The molecule has 4 nitrogen and oxygen atoms in total. The summed E-state index contributed by atoms with van der Waals surface area (Å²) in [6, 6.07) is 14.8. The molecule has 23 heavy (non-hydrogen) atoms. The lowest BCUT2D eigenvalue weighted by Crippen LogP contribution is -2.40. The second-order valence-corrected chi connectivity index (χ2v) is 5.81. The zero-order chi connectivity index (χ0) is 16.4. The van der Waals surface area contributed by atoms with Gasteiger partial charge >= 0.3 is 0 Å². The van der Waals surface area contributed by atoms with Gasteiger partial charge in [0.15, 0.2) is 5.78 Å². The van der Waals surface area contributed by atoms with Gasteiger partial charge in [0.2, 0.25) is 0 Å². The normalized spacial score (nSPS) is 17.6. The molecule has 3 rings (SSSR count). The Kier molecular flexibility index (Phi) is 4.26. The molecule has 1 saturated heterocycles. The number of hydrogen-bond acceptors (Lipinski definition) is 3. The molecule has 4 heteroatoms. The molecule has 1 fully saturated rings. The first-order valence-corrected chi connectivity index (χ1v) is 7.72. The number of aliphatic hydroxyl groups is 1. The average molecular weight is 309 g/mol. The highest BCUT2D eigenvalue weighted by Gasteiger charge is 2.35. The van der Waals surface area contributed by atoms with Crippen LogP contribution in [-0.4, -0.2) is 40.9 Å². The number of ketones is 1. The third-order valence-corrected chi connectivity index (χ3v) is 4.37. The van der Waals surface area contributed by atoms with Gasteiger partial charge in [-0.2, -0.15) is 0 Å². The van der Waals surface area contributed by atoms with E-state index >= 15 is 0 Å². The van der Waals surface area contributed by atoms with Crippen LogP contribution in [0.2, 0.25) is 0 Å². The van der Waals surface area contributed by atoms with Crippen molar-refractivity contribution in [3.8, 4) is 11.1 Å². The molecule has 1 N–H and O–H groups in total. The quantitative estimate of drug-likeness (QED) is 0.947. The van der Waals surface area contributed by atoms with E-state index in [0.717, 1.165) is 11.1 Å². The van der Waals surface area contributed by atoms with E-state index in [-0.39, 0.29) is 18.3 Å². The van der Waals surface area contributed by atoms with Gasteiger partial charge in [0.1, 0.15) is 6.04 Å². The number of rotatable bonds is 3. The molecule has 1 amide bonds. The van der Waals surface area contributed by atoms with Crippen LogP contribution in [0.3, 0.4) is 0 Å². The van der Waals surface area contributed by atoms with Crippen molar-refractivity contribution in [3.05, 3.63) is 59.7 Å². The topological polar surface area (TPSA) is 57.6 Å². The molecule has 0 aliphatic carbocycles. The second kappa shape index (κ2) is 6.34. The molecule has 0 saturated carbocycles.